The molecule has 3 rings (SSSR count). The molecule has 0 saturated carbocycles. The molecule has 2 aromatic rings. The highest BCUT2D eigenvalue weighted by Gasteiger charge is 2.33. The number of rotatable bonds is 6. The molecule has 0 radical (unpaired) electrons. The van der Waals surface area contributed by atoms with Crippen molar-refractivity contribution in [2.45, 2.75) is 12.3 Å². The summed E-state index contributed by atoms with van der Waals surface area (Å²) in [6.07, 6.45) is -4.01. The van der Waals surface area contributed by atoms with Gasteiger partial charge in [0.15, 0.2) is 0 Å². The van der Waals surface area contributed by atoms with Gasteiger partial charge in [0.25, 0.3) is 0 Å². The van der Waals surface area contributed by atoms with Gasteiger partial charge in [-0.2, -0.15) is 13.2 Å². The van der Waals surface area contributed by atoms with Crippen LogP contribution < -0.4 is 9.64 Å². The molecule has 1 saturated heterocycles. The van der Waals surface area contributed by atoms with Crippen molar-refractivity contribution in [3.05, 3.63) is 48.3 Å². The van der Waals surface area contributed by atoms with Crippen LogP contribution in [0.2, 0.25) is 0 Å². The number of hydrogen-bond donors (Lipinski definition) is 1. The number of hydrogen-bond acceptors (Lipinski definition) is 6. The van der Waals surface area contributed by atoms with Crippen LogP contribution in [-0.2, 0) is 6.18 Å². The van der Waals surface area contributed by atoms with Gasteiger partial charge in [0, 0.05) is 38.9 Å². The maximum Gasteiger partial charge on any atom is 0.433 e. The molecular weight excluding hydrogens is 361 g/mol. The van der Waals surface area contributed by atoms with Crippen LogP contribution in [0.25, 0.3) is 0 Å². The number of alkyl halides is 3. The summed E-state index contributed by atoms with van der Waals surface area (Å²) in [6, 6.07) is 10.1. The molecule has 0 amide bonds. The summed E-state index contributed by atoms with van der Waals surface area (Å²) in [5.74, 6) is 0.778. The Balaban J connectivity index is 1.46. The van der Waals surface area contributed by atoms with Gasteiger partial charge in [-0.05, 0) is 18.2 Å². The molecule has 0 spiro atoms. The highest BCUT2D eigenvalue weighted by molar-refractivity contribution is 5.31. The fourth-order valence-electron chi connectivity index (χ4n) is 2.85. The second-order valence-electron chi connectivity index (χ2n) is 6.31. The number of benzene rings is 1. The first-order valence-corrected chi connectivity index (χ1v) is 8.65. The lowest BCUT2D eigenvalue weighted by Gasteiger charge is -2.35. The number of ether oxygens (including phenoxy) is 1. The van der Waals surface area contributed by atoms with Gasteiger partial charge < -0.3 is 14.7 Å². The van der Waals surface area contributed by atoms with Crippen molar-refractivity contribution in [1.29, 1.82) is 0 Å². The third-order valence-electron chi connectivity index (χ3n) is 4.24. The molecular formula is C18H21F3N4O2. The van der Waals surface area contributed by atoms with Crippen molar-refractivity contribution in [2.24, 2.45) is 0 Å². The van der Waals surface area contributed by atoms with Crippen LogP contribution in [0.5, 0.6) is 5.75 Å². The first-order chi connectivity index (χ1) is 12.9. The number of aromatic nitrogens is 2. The van der Waals surface area contributed by atoms with Crippen molar-refractivity contribution in [2.75, 3.05) is 44.2 Å². The standard InChI is InChI=1S/C18H21F3N4O2/c19-18(20,21)16-6-7-22-17(23-16)25-10-8-24(9-11-25)12-14(26)13-27-15-4-2-1-3-5-15/h1-7,14,26H,8-13H2. The molecule has 9 heteroatoms. The molecule has 1 aliphatic rings. The van der Waals surface area contributed by atoms with E-state index < -0.39 is 18.0 Å². The van der Waals surface area contributed by atoms with Gasteiger partial charge in [-0.25, -0.2) is 9.97 Å². The predicted molar refractivity (Wildman–Crippen MR) is 93.6 cm³/mol. The molecule has 6 nitrogen and oxygen atoms in total. The first-order valence-electron chi connectivity index (χ1n) is 8.65. The van der Waals surface area contributed by atoms with E-state index in [9.17, 15) is 18.3 Å². The zero-order chi connectivity index (χ0) is 19.3. The molecule has 1 aromatic heterocycles. The molecule has 27 heavy (non-hydrogen) atoms. The second-order valence-corrected chi connectivity index (χ2v) is 6.31. The Kier molecular flexibility index (Phi) is 6.12. The Bertz CT molecular complexity index is 722. The number of halogens is 3. The largest absolute Gasteiger partial charge is 0.491 e. The van der Waals surface area contributed by atoms with Crippen LogP contribution in [0.4, 0.5) is 19.1 Å². The van der Waals surface area contributed by atoms with E-state index >= 15 is 0 Å². The summed E-state index contributed by atoms with van der Waals surface area (Å²) in [4.78, 5) is 11.3. The number of anilines is 1. The molecule has 1 aromatic carbocycles. The molecule has 0 aliphatic carbocycles. The fraction of sp³-hybridized carbons (Fsp3) is 0.444. The lowest BCUT2D eigenvalue weighted by Crippen LogP contribution is -2.49. The van der Waals surface area contributed by atoms with Crippen molar-refractivity contribution >= 4 is 5.95 Å². The van der Waals surface area contributed by atoms with Crippen molar-refractivity contribution in [3.8, 4) is 5.75 Å². The average molecular weight is 382 g/mol. The van der Waals surface area contributed by atoms with Gasteiger partial charge in [0.05, 0.1) is 0 Å². The molecule has 1 fully saturated rings. The molecule has 1 aliphatic heterocycles. The van der Waals surface area contributed by atoms with Crippen molar-refractivity contribution in [3.63, 3.8) is 0 Å². The van der Waals surface area contributed by atoms with Gasteiger partial charge in [-0.3, -0.25) is 4.90 Å². The molecule has 1 atom stereocenters. The Morgan fingerprint density at radius 3 is 2.44 bits per heavy atom. The number of para-hydroxylation sites is 1. The summed E-state index contributed by atoms with van der Waals surface area (Å²) in [5.41, 5.74) is -0.941. The maximum atomic E-state index is 12.8. The average Bonchev–Trinajstić information content (AvgIpc) is 2.67. The minimum Gasteiger partial charge on any atom is -0.491 e. The third kappa shape index (κ3) is 5.54. The summed E-state index contributed by atoms with van der Waals surface area (Å²) >= 11 is 0. The van der Waals surface area contributed by atoms with E-state index in [1.165, 1.54) is 0 Å². The summed E-state index contributed by atoms with van der Waals surface area (Å²) in [7, 11) is 0. The Hall–Kier alpha value is -2.39. The van der Waals surface area contributed by atoms with Gasteiger partial charge in [-0.15, -0.1) is 0 Å². The lowest BCUT2D eigenvalue weighted by molar-refractivity contribution is -0.141. The smallest absolute Gasteiger partial charge is 0.433 e. The SMILES string of the molecule is OC(COc1ccccc1)CN1CCN(c2nccc(C(F)(F)F)n2)CC1. The van der Waals surface area contributed by atoms with Crippen LogP contribution in [-0.4, -0.2) is 65.4 Å². The Morgan fingerprint density at radius 2 is 1.78 bits per heavy atom. The first kappa shape index (κ1) is 19.4. The lowest BCUT2D eigenvalue weighted by atomic mass is 10.2. The number of nitrogens with zero attached hydrogens (tertiary/aromatic N) is 4. The molecule has 0 bridgehead atoms. The predicted octanol–water partition coefficient (Wildman–Crippen LogP) is 2.06. The monoisotopic (exact) mass is 382 g/mol. The van der Waals surface area contributed by atoms with Gasteiger partial charge in [0.2, 0.25) is 5.95 Å². The van der Waals surface area contributed by atoms with E-state index in [1.807, 2.05) is 35.2 Å². The van der Waals surface area contributed by atoms with Gasteiger partial charge in [0.1, 0.15) is 24.2 Å². The van der Waals surface area contributed by atoms with E-state index in [0.717, 1.165) is 12.3 Å². The topological polar surface area (TPSA) is 61.7 Å². The van der Waals surface area contributed by atoms with E-state index in [-0.39, 0.29) is 12.6 Å². The third-order valence-corrected chi connectivity index (χ3v) is 4.24. The number of aliphatic hydroxyl groups is 1. The quantitative estimate of drug-likeness (QED) is 0.825. The van der Waals surface area contributed by atoms with E-state index in [0.29, 0.717) is 38.5 Å². The number of aliphatic hydroxyl groups excluding tert-OH is 1. The van der Waals surface area contributed by atoms with Crippen LogP contribution in [0, 0.1) is 0 Å². The van der Waals surface area contributed by atoms with Crippen molar-refractivity contribution in [1.82, 2.24) is 14.9 Å². The minimum absolute atomic E-state index is 0.0810. The maximum absolute atomic E-state index is 12.8. The van der Waals surface area contributed by atoms with Gasteiger partial charge in [-0.1, -0.05) is 18.2 Å². The van der Waals surface area contributed by atoms with E-state index in [2.05, 4.69) is 9.97 Å². The Morgan fingerprint density at radius 1 is 1.07 bits per heavy atom. The number of β-amino-alcohol motifs (C(OH)–C–C–N with tert-alkyl or cyclic N) is 1. The highest BCUT2D eigenvalue weighted by atomic mass is 19.4. The fourth-order valence-corrected chi connectivity index (χ4v) is 2.85. The second kappa shape index (κ2) is 8.53. The number of piperazine rings is 1. The molecule has 146 valence electrons. The van der Waals surface area contributed by atoms with Crippen molar-refractivity contribution < 1.29 is 23.0 Å². The summed E-state index contributed by atoms with van der Waals surface area (Å²) in [5, 5.41) is 10.1. The van der Waals surface area contributed by atoms with Crippen LogP contribution in [0.15, 0.2) is 42.6 Å². The minimum atomic E-state index is -4.48. The zero-order valence-corrected chi connectivity index (χ0v) is 14.6. The summed E-state index contributed by atoms with van der Waals surface area (Å²) < 4.78 is 43.9. The normalized spacial score (nSPS) is 17.0. The Labute approximate surface area is 155 Å². The molecule has 1 unspecified atom stereocenters. The van der Waals surface area contributed by atoms with E-state index in [1.54, 1.807) is 4.90 Å². The molecule has 2 heterocycles. The van der Waals surface area contributed by atoms with Crippen LogP contribution in [0.3, 0.4) is 0 Å². The highest BCUT2D eigenvalue weighted by Crippen LogP contribution is 2.28. The van der Waals surface area contributed by atoms with Gasteiger partial charge >= 0.3 is 6.18 Å². The van der Waals surface area contributed by atoms with E-state index in [4.69, 9.17) is 4.74 Å². The van der Waals surface area contributed by atoms with Crippen LogP contribution in [0.1, 0.15) is 5.69 Å². The molecule has 1 N–H and O–H groups in total. The van der Waals surface area contributed by atoms with Crippen LogP contribution >= 0.6 is 0 Å². The summed E-state index contributed by atoms with van der Waals surface area (Å²) in [6.45, 7) is 2.80. The zero-order valence-electron chi connectivity index (χ0n) is 14.6.